The molecule has 1 fully saturated rings. The third-order valence-corrected chi connectivity index (χ3v) is 5.39. The molecular formula is C14H22N2O2S. The fourth-order valence-electron chi connectivity index (χ4n) is 2.11. The Labute approximate surface area is 115 Å². The first-order valence-electron chi connectivity index (χ1n) is 6.87. The fraction of sp³-hybridized carbons (Fsp3) is 0.571. The summed E-state index contributed by atoms with van der Waals surface area (Å²) in [4.78, 5) is 0. The van der Waals surface area contributed by atoms with Crippen LogP contribution >= 0.6 is 0 Å². The molecule has 106 valence electrons. The smallest absolute Gasteiger partial charge is 0.214 e. The zero-order valence-corrected chi connectivity index (χ0v) is 12.2. The molecule has 0 aliphatic heterocycles. The second kappa shape index (κ2) is 5.92. The number of sulfonamides is 1. The van der Waals surface area contributed by atoms with Gasteiger partial charge >= 0.3 is 0 Å². The highest BCUT2D eigenvalue weighted by atomic mass is 32.2. The molecule has 2 N–H and O–H groups in total. The maximum Gasteiger partial charge on any atom is 0.214 e. The largest absolute Gasteiger partial charge is 0.398 e. The minimum atomic E-state index is -3.16. The molecule has 0 amide bonds. The van der Waals surface area contributed by atoms with Gasteiger partial charge in [-0.05, 0) is 30.9 Å². The average Bonchev–Trinajstić information content (AvgIpc) is 3.19. The fourth-order valence-corrected chi connectivity index (χ4v) is 4.00. The van der Waals surface area contributed by atoms with Crippen LogP contribution in [0.5, 0.6) is 0 Å². The quantitative estimate of drug-likeness (QED) is 0.781. The molecule has 0 spiro atoms. The third kappa shape index (κ3) is 3.70. The second-order valence-corrected chi connectivity index (χ2v) is 7.19. The number of nitrogens with zero attached hydrogens (tertiary/aromatic N) is 1. The number of unbranched alkanes of at least 4 members (excludes halogenated alkanes) is 1. The number of hydrogen-bond acceptors (Lipinski definition) is 3. The molecule has 1 aliphatic rings. The van der Waals surface area contributed by atoms with Crippen molar-refractivity contribution in [2.24, 2.45) is 0 Å². The van der Waals surface area contributed by atoms with Crippen LogP contribution in [-0.4, -0.2) is 24.5 Å². The lowest BCUT2D eigenvalue weighted by Crippen LogP contribution is -2.34. The van der Waals surface area contributed by atoms with Gasteiger partial charge in [-0.1, -0.05) is 31.5 Å². The van der Waals surface area contributed by atoms with Crippen molar-refractivity contribution in [1.29, 1.82) is 0 Å². The highest BCUT2D eigenvalue weighted by Crippen LogP contribution is 2.32. The minimum absolute atomic E-state index is 0.182. The molecule has 0 bridgehead atoms. The summed E-state index contributed by atoms with van der Waals surface area (Å²) in [5, 5.41) is 0. The molecule has 1 aliphatic carbocycles. The molecule has 5 heteroatoms. The Hall–Kier alpha value is -1.07. The van der Waals surface area contributed by atoms with E-state index in [0.29, 0.717) is 12.2 Å². The molecule has 0 heterocycles. The van der Waals surface area contributed by atoms with Crippen LogP contribution in [0, 0.1) is 0 Å². The molecule has 1 aromatic carbocycles. The lowest BCUT2D eigenvalue weighted by Gasteiger charge is -2.22. The number of rotatable bonds is 7. The summed E-state index contributed by atoms with van der Waals surface area (Å²) in [6.45, 7) is 2.41. The topological polar surface area (TPSA) is 63.4 Å². The molecular weight excluding hydrogens is 260 g/mol. The van der Waals surface area contributed by atoms with Crippen molar-refractivity contribution in [2.75, 3.05) is 11.5 Å². The van der Waals surface area contributed by atoms with E-state index in [1.54, 1.807) is 4.31 Å². The maximum atomic E-state index is 12.4. The van der Waals surface area contributed by atoms with Crippen molar-refractivity contribution in [2.45, 2.75) is 45.2 Å². The monoisotopic (exact) mass is 282 g/mol. The van der Waals surface area contributed by atoms with Gasteiger partial charge in [0, 0.05) is 18.3 Å². The van der Waals surface area contributed by atoms with E-state index in [0.717, 1.165) is 31.2 Å². The van der Waals surface area contributed by atoms with Crippen LogP contribution in [0.3, 0.4) is 0 Å². The van der Waals surface area contributed by atoms with E-state index in [1.807, 2.05) is 31.2 Å². The van der Waals surface area contributed by atoms with Crippen LogP contribution < -0.4 is 5.73 Å². The van der Waals surface area contributed by atoms with Crippen LogP contribution in [0.1, 0.15) is 38.2 Å². The Bertz CT molecular complexity index is 524. The van der Waals surface area contributed by atoms with Gasteiger partial charge in [-0.25, -0.2) is 8.42 Å². The van der Waals surface area contributed by atoms with Gasteiger partial charge in [0.2, 0.25) is 10.0 Å². The Morgan fingerprint density at radius 3 is 2.58 bits per heavy atom. The van der Waals surface area contributed by atoms with E-state index >= 15 is 0 Å². The molecule has 0 atom stereocenters. The van der Waals surface area contributed by atoms with E-state index in [2.05, 4.69) is 0 Å². The highest BCUT2D eigenvalue weighted by Gasteiger charge is 2.36. The van der Waals surface area contributed by atoms with Gasteiger partial charge in [-0.2, -0.15) is 4.31 Å². The van der Waals surface area contributed by atoms with Crippen LogP contribution in [-0.2, 0) is 16.6 Å². The Morgan fingerprint density at radius 2 is 2.00 bits per heavy atom. The number of nitrogens with two attached hydrogens (primary N) is 1. The molecule has 1 saturated carbocycles. The summed E-state index contributed by atoms with van der Waals surface area (Å²) in [6.07, 6.45) is 3.55. The van der Waals surface area contributed by atoms with Gasteiger partial charge in [-0.15, -0.1) is 0 Å². The average molecular weight is 282 g/mol. The van der Waals surface area contributed by atoms with Gasteiger partial charge in [0.25, 0.3) is 0 Å². The van der Waals surface area contributed by atoms with Crippen LogP contribution in [0.2, 0.25) is 0 Å². The predicted octanol–water partition coefficient (Wildman–Crippen LogP) is 2.36. The van der Waals surface area contributed by atoms with Gasteiger partial charge in [0.15, 0.2) is 0 Å². The molecule has 1 aromatic rings. The molecule has 0 radical (unpaired) electrons. The normalized spacial score (nSPS) is 15.9. The first-order chi connectivity index (χ1) is 9.04. The van der Waals surface area contributed by atoms with Gasteiger partial charge in [0.05, 0.1) is 5.75 Å². The number of anilines is 1. The van der Waals surface area contributed by atoms with Gasteiger partial charge < -0.3 is 5.73 Å². The van der Waals surface area contributed by atoms with Crippen molar-refractivity contribution in [3.63, 3.8) is 0 Å². The van der Waals surface area contributed by atoms with Gasteiger partial charge in [-0.3, -0.25) is 0 Å². The van der Waals surface area contributed by atoms with Crippen molar-refractivity contribution in [3.8, 4) is 0 Å². The highest BCUT2D eigenvalue weighted by molar-refractivity contribution is 7.89. The van der Waals surface area contributed by atoms with Crippen molar-refractivity contribution in [3.05, 3.63) is 29.8 Å². The standard InChI is InChI=1S/C14H22N2O2S/c1-2-3-10-19(17,18)16(13-8-9-13)11-12-6-4-5-7-14(12)15/h4-7,13H,2-3,8-11,15H2,1H3. The Morgan fingerprint density at radius 1 is 1.32 bits per heavy atom. The van der Waals surface area contributed by atoms with Crippen LogP contribution in [0.25, 0.3) is 0 Å². The summed E-state index contributed by atoms with van der Waals surface area (Å²) >= 11 is 0. The molecule has 2 rings (SSSR count). The van der Waals surface area contributed by atoms with E-state index in [-0.39, 0.29) is 11.8 Å². The maximum absolute atomic E-state index is 12.4. The number of hydrogen-bond donors (Lipinski definition) is 1. The second-order valence-electron chi connectivity index (χ2n) is 5.14. The number of nitrogen functional groups attached to an aromatic ring is 1. The summed E-state index contributed by atoms with van der Waals surface area (Å²) in [6, 6.07) is 7.67. The van der Waals surface area contributed by atoms with Crippen LogP contribution in [0.4, 0.5) is 5.69 Å². The number of para-hydroxylation sites is 1. The Kier molecular flexibility index (Phi) is 4.47. The number of benzene rings is 1. The molecule has 0 saturated heterocycles. The zero-order valence-electron chi connectivity index (χ0n) is 11.4. The van der Waals surface area contributed by atoms with Crippen molar-refractivity contribution < 1.29 is 8.42 Å². The Balaban J connectivity index is 2.15. The summed E-state index contributed by atoms with van der Waals surface area (Å²) in [7, 11) is -3.16. The minimum Gasteiger partial charge on any atom is -0.398 e. The molecule has 0 aromatic heterocycles. The predicted molar refractivity (Wildman–Crippen MR) is 78.1 cm³/mol. The van der Waals surface area contributed by atoms with E-state index in [1.165, 1.54) is 0 Å². The van der Waals surface area contributed by atoms with Crippen molar-refractivity contribution >= 4 is 15.7 Å². The van der Waals surface area contributed by atoms with Gasteiger partial charge in [0.1, 0.15) is 0 Å². The summed E-state index contributed by atoms with van der Waals surface area (Å²) in [5.41, 5.74) is 7.47. The first kappa shape index (κ1) is 14.3. The van der Waals surface area contributed by atoms with Crippen LogP contribution in [0.15, 0.2) is 24.3 Å². The van der Waals surface area contributed by atoms with E-state index in [4.69, 9.17) is 5.73 Å². The third-order valence-electron chi connectivity index (χ3n) is 3.45. The SMILES string of the molecule is CCCCS(=O)(=O)N(Cc1ccccc1N)C1CC1. The lowest BCUT2D eigenvalue weighted by atomic mass is 10.2. The first-order valence-corrected chi connectivity index (χ1v) is 8.48. The van der Waals surface area contributed by atoms with E-state index in [9.17, 15) is 8.42 Å². The summed E-state index contributed by atoms with van der Waals surface area (Å²) < 4.78 is 26.4. The van der Waals surface area contributed by atoms with E-state index < -0.39 is 10.0 Å². The zero-order chi connectivity index (χ0) is 13.9. The van der Waals surface area contributed by atoms with Crippen molar-refractivity contribution in [1.82, 2.24) is 4.31 Å². The molecule has 0 unspecified atom stereocenters. The molecule has 19 heavy (non-hydrogen) atoms. The summed E-state index contributed by atoms with van der Waals surface area (Å²) in [5.74, 6) is 0.243. The molecule has 4 nitrogen and oxygen atoms in total. The lowest BCUT2D eigenvalue weighted by molar-refractivity contribution is 0.398.